The summed E-state index contributed by atoms with van der Waals surface area (Å²) in [5, 5.41) is 8.57. The molecule has 0 amide bonds. The first kappa shape index (κ1) is 12.1. The fraction of sp³-hybridized carbons (Fsp3) is 0. The summed E-state index contributed by atoms with van der Waals surface area (Å²) in [6.07, 6.45) is -1.47. The molecule has 2 aromatic carbocycles. The lowest BCUT2D eigenvalue weighted by atomic mass is 9.84. The van der Waals surface area contributed by atoms with Gasteiger partial charge in [0.25, 0.3) is 0 Å². The van der Waals surface area contributed by atoms with Crippen molar-refractivity contribution in [1.29, 1.82) is 0 Å². The molecular weight excluding hydrogens is 260 g/mol. The second-order valence-corrected chi connectivity index (χ2v) is 4.28. The Morgan fingerprint density at radius 1 is 0.850 bits per heavy atom. The van der Waals surface area contributed by atoms with Crippen LogP contribution < -0.4 is 4.74 Å². The van der Waals surface area contributed by atoms with Gasteiger partial charge in [0.2, 0.25) is 11.6 Å². The van der Waals surface area contributed by atoms with E-state index in [1.165, 1.54) is 12.1 Å². The minimum absolute atomic E-state index is 0.0109. The molecule has 1 aliphatic rings. The van der Waals surface area contributed by atoms with Crippen molar-refractivity contribution in [1.82, 2.24) is 0 Å². The number of benzene rings is 2. The van der Waals surface area contributed by atoms with Crippen LogP contribution in [-0.4, -0.2) is 22.8 Å². The number of fused-ring (bicyclic) bond motifs is 3. The maximum absolute atomic E-state index is 12.1. The molecule has 5 heteroatoms. The number of carboxylic acid groups (broad SMARTS) is 1. The molecule has 2 aromatic rings. The number of carbonyl (C=O) groups is 3. The van der Waals surface area contributed by atoms with Gasteiger partial charge in [-0.2, -0.15) is 0 Å². The number of rotatable bonds is 1. The molecule has 0 bridgehead atoms. The van der Waals surface area contributed by atoms with Gasteiger partial charge >= 0.3 is 6.16 Å². The van der Waals surface area contributed by atoms with Gasteiger partial charge in [-0.3, -0.25) is 9.59 Å². The lowest BCUT2D eigenvalue weighted by Gasteiger charge is -2.18. The van der Waals surface area contributed by atoms with E-state index in [1.807, 2.05) is 0 Å². The van der Waals surface area contributed by atoms with Crippen LogP contribution in [0.4, 0.5) is 4.79 Å². The van der Waals surface area contributed by atoms with Crippen LogP contribution in [0.5, 0.6) is 5.75 Å². The van der Waals surface area contributed by atoms with E-state index < -0.39 is 17.7 Å². The van der Waals surface area contributed by atoms with Crippen molar-refractivity contribution in [2.75, 3.05) is 0 Å². The van der Waals surface area contributed by atoms with Gasteiger partial charge in [0.05, 0.1) is 0 Å². The van der Waals surface area contributed by atoms with Crippen LogP contribution in [0.1, 0.15) is 20.7 Å². The van der Waals surface area contributed by atoms with Crippen molar-refractivity contribution in [2.45, 2.75) is 0 Å². The highest BCUT2D eigenvalue weighted by molar-refractivity contribution is 6.53. The molecule has 0 saturated heterocycles. The molecule has 20 heavy (non-hydrogen) atoms. The SMILES string of the molecule is O=C(O)Oc1ccc2c(c1)C(=O)C(=O)c1ccccc1-2. The van der Waals surface area contributed by atoms with E-state index in [2.05, 4.69) is 4.74 Å². The molecular formula is C15H8O5. The van der Waals surface area contributed by atoms with E-state index in [4.69, 9.17) is 5.11 Å². The molecule has 0 fully saturated rings. The topological polar surface area (TPSA) is 80.7 Å². The first-order valence-corrected chi connectivity index (χ1v) is 5.81. The summed E-state index contributed by atoms with van der Waals surface area (Å²) in [5.74, 6) is -1.24. The fourth-order valence-corrected chi connectivity index (χ4v) is 2.27. The molecule has 1 aliphatic carbocycles. The average Bonchev–Trinajstić information content (AvgIpc) is 2.44. The molecule has 0 radical (unpaired) electrons. The molecule has 1 N–H and O–H groups in total. The highest BCUT2D eigenvalue weighted by Crippen LogP contribution is 2.35. The smallest absolute Gasteiger partial charge is 0.449 e. The molecule has 3 rings (SSSR count). The maximum atomic E-state index is 12.1. The molecule has 0 saturated carbocycles. The van der Waals surface area contributed by atoms with E-state index in [9.17, 15) is 14.4 Å². The van der Waals surface area contributed by atoms with Gasteiger partial charge in [0.15, 0.2) is 0 Å². The first-order valence-electron chi connectivity index (χ1n) is 5.81. The van der Waals surface area contributed by atoms with Gasteiger partial charge in [-0.1, -0.05) is 24.3 Å². The number of hydrogen-bond acceptors (Lipinski definition) is 4. The summed E-state index contributed by atoms with van der Waals surface area (Å²) in [7, 11) is 0. The second kappa shape index (κ2) is 4.31. The third-order valence-electron chi connectivity index (χ3n) is 3.11. The standard InChI is InChI=1S/C15H8O5/c16-13-11-4-2-1-3-9(11)10-6-5-8(20-15(18)19)7-12(10)14(13)17/h1-7H,(H,18,19). The van der Waals surface area contributed by atoms with E-state index >= 15 is 0 Å². The predicted octanol–water partition coefficient (Wildman–Crippen LogP) is 2.79. The van der Waals surface area contributed by atoms with E-state index in [0.717, 1.165) is 0 Å². The summed E-state index contributed by atoms with van der Waals surface area (Å²) < 4.78 is 4.50. The third kappa shape index (κ3) is 1.76. The molecule has 0 aromatic heterocycles. The van der Waals surface area contributed by atoms with Crippen LogP contribution in [0.15, 0.2) is 42.5 Å². The highest BCUT2D eigenvalue weighted by Gasteiger charge is 2.30. The predicted molar refractivity (Wildman–Crippen MR) is 69.2 cm³/mol. The number of hydrogen-bond donors (Lipinski definition) is 1. The Bertz CT molecular complexity index is 761. The number of ketones is 2. The van der Waals surface area contributed by atoms with E-state index in [0.29, 0.717) is 16.7 Å². The lowest BCUT2D eigenvalue weighted by molar-refractivity contribution is 0.0815. The Labute approximate surface area is 113 Å². The number of ether oxygens (including phenoxy) is 1. The van der Waals surface area contributed by atoms with Crippen LogP contribution in [0.25, 0.3) is 11.1 Å². The maximum Gasteiger partial charge on any atom is 0.511 e. The van der Waals surface area contributed by atoms with Crippen molar-refractivity contribution in [2.24, 2.45) is 0 Å². The van der Waals surface area contributed by atoms with Crippen LogP contribution in [-0.2, 0) is 0 Å². The van der Waals surface area contributed by atoms with Gasteiger partial charge in [-0.25, -0.2) is 4.79 Å². The normalized spacial score (nSPS) is 12.6. The zero-order valence-corrected chi connectivity index (χ0v) is 10.1. The summed E-state index contributed by atoms with van der Waals surface area (Å²) in [4.78, 5) is 34.6. The Balaban J connectivity index is 2.21. The summed E-state index contributed by atoms with van der Waals surface area (Å²) in [6.45, 7) is 0. The summed E-state index contributed by atoms with van der Waals surface area (Å²) in [5.41, 5.74) is 1.78. The van der Waals surface area contributed by atoms with Gasteiger partial charge < -0.3 is 9.84 Å². The summed E-state index contributed by atoms with van der Waals surface area (Å²) in [6, 6.07) is 11.1. The monoisotopic (exact) mass is 268 g/mol. The number of Topliss-reactive ketones (excluding diaryl/α,β-unsaturated/α-hetero) is 2. The zero-order valence-electron chi connectivity index (χ0n) is 10.1. The molecule has 0 heterocycles. The summed E-state index contributed by atoms with van der Waals surface area (Å²) >= 11 is 0. The van der Waals surface area contributed by atoms with Crippen LogP contribution >= 0.6 is 0 Å². The molecule has 0 atom stereocenters. The second-order valence-electron chi connectivity index (χ2n) is 4.28. The lowest BCUT2D eigenvalue weighted by Crippen LogP contribution is -2.21. The minimum atomic E-state index is -1.47. The molecule has 0 spiro atoms. The Hall–Kier alpha value is -2.95. The van der Waals surface area contributed by atoms with E-state index in [-0.39, 0.29) is 11.3 Å². The molecule has 5 nitrogen and oxygen atoms in total. The molecule has 0 aliphatic heterocycles. The Morgan fingerprint density at radius 2 is 1.45 bits per heavy atom. The minimum Gasteiger partial charge on any atom is -0.449 e. The van der Waals surface area contributed by atoms with Crippen molar-refractivity contribution in [3.8, 4) is 16.9 Å². The zero-order chi connectivity index (χ0) is 14.3. The third-order valence-corrected chi connectivity index (χ3v) is 3.11. The van der Waals surface area contributed by atoms with Crippen molar-refractivity contribution in [3.63, 3.8) is 0 Å². The quantitative estimate of drug-likeness (QED) is 0.488. The largest absolute Gasteiger partial charge is 0.511 e. The average molecular weight is 268 g/mol. The van der Waals surface area contributed by atoms with Crippen LogP contribution in [0, 0.1) is 0 Å². The first-order chi connectivity index (χ1) is 9.58. The van der Waals surface area contributed by atoms with Crippen molar-refractivity contribution >= 4 is 17.7 Å². The van der Waals surface area contributed by atoms with Gasteiger partial charge in [0, 0.05) is 11.1 Å². The Kier molecular flexibility index (Phi) is 2.61. The van der Waals surface area contributed by atoms with Crippen molar-refractivity contribution < 1.29 is 24.2 Å². The Morgan fingerprint density at radius 3 is 2.15 bits per heavy atom. The van der Waals surface area contributed by atoms with Gasteiger partial charge in [0.1, 0.15) is 5.75 Å². The van der Waals surface area contributed by atoms with Crippen LogP contribution in [0.3, 0.4) is 0 Å². The molecule has 98 valence electrons. The molecule has 0 unspecified atom stereocenters. The van der Waals surface area contributed by atoms with Gasteiger partial charge in [-0.15, -0.1) is 0 Å². The van der Waals surface area contributed by atoms with Crippen LogP contribution in [0.2, 0.25) is 0 Å². The van der Waals surface area contributed by atoms with Crippen molar-refractivity contribution in [3.05, 3.63) is 53.6 Å². The fourth-order valence-electron chi connectivity index (χ4n) is 2.27. The van der Waals surface area contributed by atoms with Gasteiger partial charge in [-0.05, 0) is 29.3 Å². The number of carbonyl (C=O) groups excluding carboxylic acids is 2. The highest BCUT2D eigenvalue weighted by atomic mass is 16.7. The van der Waals surface area contributed by atoms with E-state index in [1.54, 1.807) is 30.3 Å².